The molecule has 0 aliphatic carbocycles. The van der Waals surface area contributed by atoms with Crippen molar-refractivity contribution in [1.82, 2.24) is 16.0 Å². The Morgan fingerprint density at radius 2 is 1.27 bits per heavy atom. The van der Waals surface area contributed by atoms with Crippen LogP contribution in [0.5, 0.6) is 5.75 Å². The van der Waals surface area contributed by atoms with Crippen LogP contribution >= 0.6 is 0 Å². The van der Waals surface area contributed by atoms with Crippen LogP contribution in [-0.2, 0) is 25.6 Å². The number of amides is 3. The summed E-state index contributed by atoms with van der Waals surface area (Å²) in [4.78, 5) is 50.0. The molecule has 12 N–H and O–H groups in total. The van der Waals surface area contributed by atoms with Crippen LogP contribution in [0.1, 0.15) is 44.1 Å². The maximum Gasteiger partial charge on any atom is 0.328 e. The average Bonchev–Trinajstić information content (AvgIpc) is 2.87. The topological polar surface area (TPSA) is 243 Å². The van der Waals surface area contributed by atoms with Crippen LogP contribution in [-0.4, -0.2) is 82.9 Å². The van der Waals surface area contributed by atoms with Gasteiger partial charge in [0.25, 0.3) is 0 Å². The summed E-state index contributed by atoms with van der Waals surface area (Å²) in [6.45, 7) is -0.00275. The molecule has 0 radical (unpaired) electrons. The van der Waals surface area contributed by atoms with Gasteiger partial charge in [-0.25, -0.2) is 4.79 Å². The van der Waals surface area contributed by atoms with Gasteiger partial charge in [0.2, 0.25) is 17.7 Å². The zero-order valence-corrected chi connectivity index (χ0v) is 20.9. The zero-order valence-electron chi connectivity index (χ0n) is 20.9. The Morgan fingerprint density at radius 1 is 0.757 bits per heavy atom. The number of carbonyl (C=O) groups excluding carboxylic acids is 3. The molecule has 0 saturated heterocycles. The smallest absolute Gasteiger partial charge is 0.328 e. The molecule has 0 aromatic heterocycles. The quantitative estimate of drug-likeness (QED) is 0.0961. The van der Waals surface area contributed by atoms with E-state index in [0.717, 1.165) is 0 Å². The minimum Gasteiger partial charge on any atom is -0.508 e. The normalized spacial score (nSPS) is 14.2. The number of carbonyl (C=O) groups is 4. The second-order valence-corrected chi connectivity index (χ2v) is 8.75. The van der Waals surface area contributed by atoms with E-state index < -0.39 is 54.5 Å². The number of nitrogens with two attached hydrogens (primary N) is 3. The first kappa shape index (κ1) is 31.8. The Balaban J connectivity index is 3.07. The van der Waals surface area contributed by atoms with Gasteiger partial charge in [-0.1, -0.05) is 18.6 Å². The number of phenolic OH excluding ortho intramolecular Hbond substituents is 1. The summed E-state index contributed by atoms with van der Waals surface area (Å²) in [6.07, 6.45) is 2.94. The Kier molecular flexibility index (Phi) is 14.8. The summed E-state index contributed by atoms with van der Waals surface area (Å²) in [6, 6.07) is 1.40. The molecule has 0 spiro atoms. The third-order valence-corrected chi connectivity index (χ3v) is 5.69. The van der Waals surface area contributed by atoms with Crippen molar-refractivity contribution in [2.24, 2.45) is 17.2 Å². The molecule has 37 heavy (non-hydrogen) atoms. The summed E-state index contributed by atoms with van der Waals surface area (Å²) in [5.74, 6) is -3.42. The fourth-order valence-corrected chi connectivity index (χ4v) is 3.49. The Morgan fingerprint density at radius 3 is 1.81 bits per heavy atom. The molecular formula is C24H40N6O7. The van der Waals surface area contributed by atoms with E-state index in [1.165, 1.54) is 12.1 Å². The lowest BCUT2D eigenvalue weighted by Gasteiger charge is -2.25. The van der Waals surface area contributed by atoms with E-state index >= 15 is 0 Å². The molecule has 1 rings (SSSR count). The number of aliphatic carboxylic acids is 1. The van der Waals surface area contributed by atoms with E-state index in [9.17, 15) is 29.4 Å². The van der Waals surface area contributed by atoms with Crippen molar-refractivity contribution < 1.29 is 34.5 Å². The molecule has 0 aliphatic heterocycles. The van der Waals surface area contributed by atoms with Gasteiger partial charge in [-0.3, -0.25) is 14.4 Å². The maximum atomic E-state index is 13.3. The number of unbranched alkanes of at least 4 members (excludes halogenated alkanes) is 2. The van der Waals surface area contributed by atoms with Crippen LogP contribution in [0, 0.1) is 0 Å². The minimum atomic E-state index is -1.54. The number of aliphatic hydroxyl groups excluding tert-OH is 1. The lowest BCUT2D eigenvalue weighted by atomic mass is 10.0. The summed E-state index contributed by atoms with van der Waals surface area (Å²) in [5, 5.41) is 35.3. The van der Waals surface area contributed by atoms with Gasteiger partial charge in [-0.15, -0.1) is 0 Å². The first-order chi connectivity index (χ1) is 17.6. The predicted molar refractivity (Wildman–Crippen MR) is 136 cm³/mol. The predicted octanol–water partition coefficient (Wildman–Crippen LogP) is -1.95. The third kappa shape index (κ3) is 12.0. The molecule has 13 heteroatoms. The van der Waals surface area contributed by atoms with Crippen molar-refractivity contribution in [3.05, 3.63) is 29.8 Å². The Bertz CT molecular complexity index is 868. The number of phenols is 1. The second-order valence-electron chi connectivity index (χ2n) is 8.75. The molecule has 1 aromatic carbocycles. The summed E-state index contributed by atoms with van der Waals surface area (Å²) in [7, 11) is 0. The van der Waals surface area contributed by atoms with E-state index in [-0.39, 0.29) is 18.6 Å². The van der Waals surface area contributed by atoms with Crippen molar-refractivity contribution in [2.45, 2.75) is 69.1 Å². The number of hydrogen-bond acceptors (Lipinski definition) is 9. The highest BCUT2D eigenvalue weighted by atomic mass is 16.4. The van der Waals surface area contributed by atoms with E-state index in [2.05, 4.69) is 16.0 Å². The number of hydrogen-bond donors (Lipinski definition) is 9. The van der Waals surface area contributed by atoms with E-state index in [0.29, 0.717) is 50.8 Å². The standard InChI is InChI=1S/C24H40N6O7/c25-11-3-1-5-17(27)21(33)29-19(13-15-7-9-16(32)10-8-15)23(35)28-18(6-2-4-12-26)22(34)30-20(14-31)24(36)37/h7-10,17-20,31-32H,1-6,11-14,25-27H2,(H,28,35)(H,29,33)(H,30,34)(H,36,37). The largest absolute Gasteiger partial charge is 0.508 e. The fraction of sp³-hybridized carbons (Fsp3) is 0.583. The molecule has 3 amide bonds. The van der Waals surface area contributed by atoms with Gasteiger partial charge in [-0.05, 0) is 62.9 Å². The van der Waals surface area contributed by atoms with Crippen molar-refractivity contribution in [3.8, 4) is 5.75 Å². The van der Waals surface area contributed by atoms with Crippen molar-refractivity contribution in [2.75, 3.05) is 19.7 Å². The van der Waals surface area contributed by atoms with Crippen LogP contribution in [0.3, 0.4) is 0 Å². The van der Waals surface area contributed by atoms with Crippen molar-refractivity contribution >= 4 is 23.7 Å². The minimum absolute atomic E-state index is 0.0317. The molecular weight excluding hydrogens is 484 g/mol. The van der Waals surface area contributed by atoms with Gasteiger partial charge < -0.3 is 48.5 Å². The number of carboxylic acids is 1. The zero-order chi connectivity index (χ0) is 27.8. The van der Waals surface area contributed by atoms with E-state index in [1.807, 2.05) is 0 Å². The van der Waals surface area contributed by atoms with Crippen LogP contribution < -0.4 is 33.2 Å². The number of aromatic hydroxyl groups is 1. The van der Waals surface area contributed by atoms with Gasteiger partial charge in [0, 0.05) is 6.42 Å². The van der Waals surface area contributed by atoms with Gasteiger partial charge in [-0.2, -0.15) is 0 Å². The molecule has 0 saturated carbocycles. The van der Waals surface area contributed by atoms with E-state index in [4.69, 9.17) is 22.3 Å². The van der Waals surface area contributed by atoms with Crippen molar-refractivity contribution in [1.29, 1.82) is 0 Å². The Labute approximate surface area is 216 Å². The monoisotopic (exact) mass is 524 g/mol. The molecule has 208 valence electrons. The molecule has 0 bridgehead atoms. The van der Waals surface area contributed by atoms with Crippen molar-refractivity contribution in [3.63, 3.8) is 0 Å². The molecule has 4 unspecified atom stereocenters. The molecule has 0 aliphatic rings. The fourth-order valence-electron chi connectivity index (χ4n) is 3.49. The number of benzene rings is 1. The maximum absolute atomic E-state index is 13.3. The SMILES string of the molecule is NCCCCC(N)C(=O)NC(Cc1ccc(O)cc1)C(=O)NC(CCCCN)C(=O)NC(CO)C(=O)O. The number of rotatable bonds is 18. The molecule has 1 aromatic rings. The van der Waals surface area contributed by atoms with Crippen LogP contribution in [0.15, 0.2) is 24.3 Å². The van der Waals surface area contributed by atoms with Gasteiger partial charge in [0.05, 0.1) is 12.6 Å². The Hall–Kier alpha value is -3.26. The van der Waals surface area contributed by atoms with Crippen LogP contribution in [0.4, 0.5) is 0 Å². The number of carboxylic acid groups (broad SMARTS) is 1. The number of nitrogens with one attached hydrogen (secondary N) is 3. The average molecular weight is 525 g/mol. The summed E-state index contributed by atoms with van der Waals surface area (Å²) >= 11 is 0. The lowest BCUT2D eigenvalue weighted by molar-refractivity contribution is -0.143. The van der Waals surface area contributed by atoms with Crippen LogP contribution in [0.2, 0.25) is 0 Å². The van der Waals surface area contributed by atoms with E-state index in [1.54, 1.807) is 12.1 Å². The molecule has 13 nitrogen and oxygen atoms in total. The highest BCUT2D eigenvalue weighted by Crippen LogP contribution is 2.12. The second kappa shape index (κ2) is 17.2. The summed E-state index contributed by atoms with van der Waals surface area (Å²) in [5.41, 5.74) is 17.6. The lowest BCUT2D eigenvalue weighted by Crippen LogP contribution is -2.58. The first-order valence-corrected chi connectivity index (χ1v) is 12.3. The number of aliphatic hydroxyl groups is 1. The molecule has 0 heterocycles. The highest BCUT2D eigenvalue weighted by Gasteiger charge is 2.30. The highest BCUT2D eigenvalue weighted by molar-refractivity contribution is 5.94. The third-order valence-electron chi connectivity index (χ3n) is 5.69. The first-order valence-electron chi connectivity index (χ1n) is 12.3. The van der Waals surface area contributed by atoms with Crippen LogP contribution in [0.25, 0.3) is 0 Å². The summed E-state index contributed by atoms with van der Waals surface area (Å²) < 4.78 is 0. The molecule has 4 atom stereocenters. The van der Waals surface area contributed by atoms with Gasteiger partial charge in [0.15, 0.2) is 0 Å². The molecule has 0 fully saturated rings. The van der Waals surface area contributed by atoms with Gasteiger partial charge in [0.1, 0.15) is 23.9 Å². The van der Waals surface area contributed by atoms with Gasteiger partial charge >= 0.3 is 5.97 Å².